The zero-order chi connectivity index (χ0) is 23.3. The minimum atomic E-state index is -0.793. The van der Waals surface area contributed by atoms with Gasteiger partial charge in [-0.2, -0.15) is 0 Å². The summed E-state index contributed by atoms with van der Waals surface area (Å²) in [5, 5.41) is 11.1. The van der Waals surface area contributed by atoms with Gasteiger partial charge in [-0.05, 0) is 55.9 Å². The summed E-state index contributed by atoms with van der Waals surface area (Å²) in [7, 11) is 1.51. The van der Waals surface area contributed by atoms with E-state index in [-0.39, 0.29) is 11.3 Å². The van der Waals surface area contributed by atoms with Crippen molar-refractivity contribution >= 4 is 17.4 Å². The van der Waals surface area contributed by atoms with Crippen LogP contribution < -0.4 is 4.74 Å². The molecule has 1 amide bonds. The van der Waals surface area contributed by atoms with E-state index in [1.54, 1.807) is 36.4 Å². The zero-order valence-corrected chi connectivity index (χ0v) is 18.7. The van der Waals surface area contributed by atoms with Crippen molar-refractivity contribution in [3.8, 4) is 5.75 Å². The second-order valence-corrected chi connectivity index (χ2v) is 7.66. The lowest BCUT2D eigenvalue weighted by molar-refractivity contribution is -0.140. The summed E-state index contributed by atoms with van der Waals surface area (Å²) in [6, 6.07) is 11.5. The van der Waals surface area contributed by atoms with E-state index in [1.165, 1.54) is 24.1 Å². The van der Waals surface area contributed by atoms with Crippen LogP contribution in [-0.2, 0) is 9.59 Å². The number of aliphatic hydroxyl groups is 1. The van der Waals surface area contributed by atoms with Crippen LogP contribution in [0, 0.1) is 5.82 Å². The van der Waals surface area contributed by atoms with Crippen LogP contribution in [0.4, 0.5) is 4.39 Å². The standard InChI is InChI=1S/C25H29FN2O4/c1-4-27(5-2)14-7-15-28-22(17-10-12-19(26)13-11-17)21(24(30)25(28)31)23(29)18-8-6-9-20(16-18)32-3/h6,8-13,16,22,29H,4-5,7,14-15H2,1-3H3/t22-/m1/s1. The summed E-state index contributed by atoms with van der Waals surface area (Å²) >= 11 is 0. The Hall–Kier alpha value is -3.19. The van der Waals surface area contributed by atoms with Gasteiger partial charge in [0.15, 0.2) is 0 Å². The smallest absolute Gasteiger partial charge is 0.295 e. The minimum Gasteiger partial charge on any atom is -0.507 e. The van der Waals surface area contributed by atoms with Gasteiger partial charge in [-0.25, -0.2) is 4.39 Å². The normalized spacial score (nSPS) is 17.9. The third kappa shape index (κ3) is 4.83. The van der Waals surface area contributed by atoms with Crippen LogP contribution in [0.3, 0.4) is 0 Å². The lowest BCUT2D eigenvalue weighted by Gasteiger charge is -2.26. The summed E-state index contributed by atoms with van der Waals surface area (Å²) < 4.78 is 18.8. The highest BCUT2D eigenvalue weighted by atomic mass is 19.1. The van der Waals surface area contributed by atoms with Crippen LogP contribution in [0.2, 0.25) is 0 Å². The molecule has 1 aliphatic rings. The van der Waals surface area contributed by atoms with Crippen LogP contribution in [0.5, 0.6) is 5.75 Å². The molecular formula is C25H29FN2O4. The van der Waals surface area contributed by atoms with Crippen LogP contribution >= 0.6 is 0 Å². The number of aliphatic hydroxyl groups excluding tert-OH is 1. The molecule has 1 fully saturated rings. The van der Waals surface area contributed by atoms with Crippen molar-refractivity contribution in [2.45, 2.75) is 26.3 Å². The molecule has 6 nitrogen and oxygen atoms in total. The fraction of sp³-hybridized carbons (Fsp3) is 0.360. The molecule has 0 bridgehead atoms. The number of likely N-dealkylation sites (tertiary alicyclic amines) is 1. The molecule has 3 rings (SSSR count). The number of carbonyl (C=O) groups is 2. The number of ketones is 1. The molecule has 2 aromatic carbocycles. The van der Waals surface area contributed by atoms with Gasteiger partial charge in [0.2, 0.25) is 0 Å². The number of benzene rings is 2. The van der Waals surface area contributed by atoms with Gasteiger partial charge < -0.3 is 19.6 Å². The van der Waals surface area contributed by atoms with E-state index in [1.807, 2.05) is 0 Å². The van der Waals surface area contributed by atoms with Gasteiger partial charge in [-0.15, -0.1) is 0 Å². The molecule has 0 saturated carbocycles. The van der Waals surface area contributed by atoms with E-state index in [0.29, 0.717) is 29.8 Å². The minimum absolute atomic E-state index is 0.00213. The molecule has 0 aromatic heterocycles. The number of methoxy groups -OCH3 is 1. The average molecular weight is 441 g/mol. The summed E-state index contributed by atoms with van der Waals surface area (Å²) in [5.41, 5.74) is 0.938. The Balaban J connectivity index is 2.03. The number of hydrogen-bond donors (Lipinski definition) is 1. The monoisotopic (exact) mass is 440 g/mol. The molecule has 1 saturated heterocycles. The Morgan fingerprint density at radius 3 is 2.44 bits per heavy atom. The van der Waals surface area contributed by atoms with Crippen molar-refractivity contribution in [2.24, 2.45) is 0 Å². The average Bonchev–Trinajstić information content (AvgIpc) is 3.07. The highest BCUT2D eigenvalue weighted by Crippen LogP contribution is 2.39. The Morgan fingerprint density at radius 1 is 1.12 bits per heavy atom. The summed E-state index contributed by atoms with van der Waals surface area (Å²) in [6.45, 7) is 7.06. The van der Waals surface area contributed by atoms with Crippen LogP contribution in [0.15, 0.2) is 54.1 Å². The Morgan fingerprint density at radius 2 is 1.81 bits per heavy atom. The van der Waals surface area contributed by atoms with Crippen molar-refractivity contribution < 1.29 is 23.8 Å². The molecular weight excluding hydrogens is 411 g/mol. The number of hydrogen-bond acceptors (Lipinski definition) is 5. The molecule has 1 N–H and O–H groups in total. The molecule has 170 valence electrons. The molecule has 0 aliphatic carbocycles. The number of carbonyl (C=O) groups excluding carboxylic acids is 2. The first kappa shape index (κ1) is 23.5. The van der Waals surface area contributed by atoms with Crippen molar-refractivity contribution in [3.63, 3.8) is 0 Å². The molecule has 1 atom stereocenters. The molecule has 0 spiro atoms. The second kappa shape index (κ2) is 10.4. The van der Waals surface area contributed by atoms with Crippen LogP contribution in [0.25, 0.3) is 5.76 Å². The number of amides is 1. The first-order valence-electron chi connectivity index (χ1n) is 10.8. The zero-order valence-electron chi connectivity index (χ0n) is 18.7. The predicted octanol–water partition coefficient (Wildman–Crippen LogP) is 3.99. The van der Waals surface area contributed by atoms with Gasteiger partial charge in [0.1, 0.15) is 17.3 Å². The third-order valence-corrected chi connectivity index (χ3v) is 5.84. The van der Waals surface area contributed by atoms with Crippen molar-refractivity contribution in [2.75, 3.05) is 33.3 Å². The number of nitrogens with zero attached hydrogens (tertiary/aromatic N) is 2. The fourth-order valence-corrected chi connectivity index (χ4v) is 4.03. The lowest BCUT2D eigenvalue weighted by Crippen LogP contribution is -2.33. The SMILES string of the molecule is CCN(CC)CCCN1C(=O)C(=O)C(=C(O)c2cccc(OC)c2)[C@H]1c1ccc(F)cc1. The van der Waals surface area contributed by atoms with E-state index in [4.69, 9.17) is 4.74 Å². The summed E-state index contributed by atoms with van der Waals surface area (Å²) in [5.74, 6) is -1.59. The van der Waals surface area contributed by atoms with Crippen LogP contribution in [0.1, 0.15) is 37.4 Å². The van der Waals surface area contributed by atoms with Gasteiger partial charge in [0.05, 0.1) is 18.7 Å². The Kier molecular flexibility index (Phi) is 7.64. The number of ether oxygens (including phenoxy) is 1. The maximum absolute atomic E-state index is 13.6. The largest absolute Gasteiger partial charge is 0.507 e. The van der Waals surface area contributed by atoms with Crippen LogP contribution in [-0.4, -0.2) is 59.9 Å². The fourth-order valence-electron chi connectivity index (χ4n) is 4.03. The molecule has 1 aliphatic heterocycles. The lowest BCUT2D eigenvalue weighted by atomic mass is 9.95. The van der Waals surface area contributed by atoms with Crippen molar-refractivity contribution in [1.82, 2.24) is 9.80 Å². The van der Waals surface area contributed by atoms with Gasteiger partial charge in [0.25, 0.3) is 11.7 Å². The number of halogens is 1. The van der Waals surface area contributed by atoms with Gasteiger partial charge >= 0.3 is 0 Å². The second-order valence-electron chi connectivity index (χ2n) is 7.66. The maximum Gasteiger partial charge on any atom is 0.295 e. The van der Waals surface area contributed by atoms with Crippen molar-refractivity contribution in [3.05, 3.63) is 71.0 Å². The topological polar surface area (TPSA) is 70.1 Å². The summed E-state index contributed by atoms with van der Waals surface area (Å²) in [4.78, 5) is 29.7. The molecule has 0 unspecified atom stereocenters. The van der Waals surface area contributed by atoms with E-state index < -0.39 is 23.5 Å². The quantitative estimate of drug-likeness (QED) is 0.363. The summed E-state index contributed by atoms with van der Waals surface area (Å²) in [6.07, 6.45) is 0.672. The van der Waals surface area contributed by atoms with E-state index >= 15 is 0 Å². The Labute approximate surface area is 187 Å². The van der Waals surface area contributed by atoms with E-state index in [0.717, 1.165) is 19.6 Å². The predicted molar refractivity (Wildman–Crippen MR) is 121 cm³/mol. The van der Waals surface area contributed by atoms with Gasteiger partial charge in [0, 0.05) is 12.1 Å². The molecule has 0 radical (unpaired) electrons. The van der Waals surface area contributed by atoms with E-state index in [9.17, 15) is 19.1 Å². The number of Topliss-reactive ketones (excluding diaryl/α,β-unsaturated/α-hetero) is 1. The molecule has 1 heterocycles. The highest BCUT2D eigenvalue weighted by Gasteiger charge is 2.45. The molecule has 32 heavy (non-hydrogen) atoms. The third-order valence-electron chi connectivity index (χ3n) is 5.84. The maximum atomic E-state index is 13.6. The van der Waals surface area contributed by atoms with E-state index in [2.05, 4.69) is 18.7 Å². The van der Waals surface area contributed by atoms with Gasteiger partial charge in [-0.3, -0.25) is 9.59 Å². The molecule has 2 aromatic rings. The van der Waals surface area contributed by atoms with Gasteiger partial charge in [-0.1, -0.05) is 38.1 Å². The first-order chi connectivity index (χ1) is 15.4. The molecule has 7 heteroatoms. The number of rotatable bonds is 9. The highest BCUT2D eigenvalue weighted by molar-refractivity contribution is 6.46. The first-order valence-corrected chi connectivity index (χ1v) is 10.8. The Bertz CT molecular complexity index is 999. The van der Waals surface area contributed by atoms with Crippen molar-refractivity contribution in [1.29, 1.82) is 0 Å².